The van der Waals surface area contributed by atoms with Gasteiger partial charge in [-0.2, -0.15) is 5.10 Å². The lowest BCUT2D eigenvalue weighted by Gasteiger charge is -2.18. The molecule has 1 atom stereocenters. The maximum Gasteiger partial charge on any atom is 0.138 e. The molecule has 4 heteroatoms. The van der Waals surface area contributed by atoms with Crippen molar-refractivity contribution in [1.29, 1.82) is 0 Å². The van der Waals surface area contributed by atoms with Gasteiger partial charge in [0.1, 0.15) is 12.2 Å². The van der Waals surface area contributed by atoms with Crippen molar-refractivity contribution >= 4 is 0 Å². The Morgan fingerprint density at radius 2 is 1.95 bits per heavy atom. The summed E-state index contributed by atoms with van der Waals surface area (Å²) in [5.74, 6) is 2.49. The van der Waals surface area contributed by atoms with Crippen LogP contribution in [0, 0.1) is 11.8 Å². The fourth-order valence-corrected chi connectivity index (χ4v) is 2.37. The molecule has 1 aromatic heterocycles. The highest BCUT2D eigenvalue weighted by Crippen LogP contribution is 2.14. The summed E-state index contributed by atoms with van der Waals surface area (Å²) in [6.07, 6.45) is 5.18. The minimum atomic E-state index is 0.392. The molecule has 110 valence electrons. The van der Waals surface area contributed by atoms with Crippen molar-refractivity contribution in [1.82, 2.24) is 20.1 Å². The summed E-state index contributed by atoms with van der Waals surface area (Å²) in [5, 5.41) is 7.90. The number of hydrogen-bond donors (Lipinski definition) is 1. The molecule has 0 aromatic carbocycles. The van der Waals surface area contributed by atoms with Crippen LogP contribution in [-0.4, -0.2) is 27.9 Å². The Morgan fingerprint density at radius 3 is 2.53 bits per heavy atom. The average Bonchev–Trinajstić information content (AvgIpc) is 2.77. The summed E-state index contributed by atoms with van der Waals surface area (Å²) in [4.78, 5) is 4.43. The third kappa shape index (κ3) is 5.72. The van der Waals surface area contributed by atoms with Crippen LogP contribution >= 0.6 is 0 Å². The fraction of sp³-hybridized carbons (Fsp3) is 0.867. The second kappa shape index (κ2) is 8.31. The maximum atomic E-state index is 4.43. The predicted octanol–water partition coefficient (Wildman–Crippen LogP) is 3.06. The number of aromatic nitrogens is 3. The molecule has 0 saturated heterocycles. The van der Waals surface area contributed by atoms with Gasteiger partial charge in [-0.05, 0) is 45.2 Å². The molecule has 0 bridgehead atoms. The first-order valence-electron chi connectivity index (χ1n) is 7.63. The standard InChI is InChI=1S/C15H30N4/c1-6-7-14(10-16-9-12(2)3)8-15-17-11-18-19(15)13(4)5/h11-14,16H,6-10H2,1-5H3. The molecule has 1 N–H and O–H groups in total. The lowest BCUT2D eigenvalue weighted by Crippen LogP contribution is -2.28. The zero-order valence-corrected chi connectivity index (χ0v) is 13.2. The van der Waals surface area contributed by atoms with Gasteiger partial charge >= 0.3 is 0 Å². The van der Waals surface area contributed by atoms with Crippen molar-refractivity contribution in [3.63, 3.8) is 0 Å². The molecule has 1 aromatic rings. The summed E-state index contributed by atoms with van der Waals surface area (Å²) >= 11 is 0. The van der Waals surface area contributed by atoms with Gasteiger partial charge in [-0.3, -0.25) is 0 Å². The number of rotatable bonds is 9. The maximum absolute atomic E-state index is 4.43. The van der Waals surface area contributed by atoms with Crippen molar-refractivity contribution < 1.29 is 0 Å². The minimum absolute atomic E-state index is 0.392. The van der Waals surface area contributed by atoms with Crippen LogP contribution in [0.2, 0.25) is 0 Å². The molecule has 4 nitrogen and oxygen atoms in total. The highest BCUT2D eigenvalue weighted by molar-refractivity contribution is 4.89. The SMILES string of the molecule is CCCC(CNCC(C)C)Cc1ncnn1C(C)C. The Hall–Kier alpha value is -0.900. The Morgan fingerprint density at radius 1 is 1.21 bits per heavy atom. The van der Waals surface area contributed by atoms with Gasteiger partial charge < -0.3 is 5.32 Å². The van der Waals surface area contributed by atoms with E-state index >= 15 is 0 Å². The second-order valence-corrected chi connectivity index (χ2v) is 6.13. The molecule has 0 amide bonds. The van der Waals surface area contributed by atoms with E-state index in [0.717, 1.165) is 25.3 Å². The van der Waals surface area contributed by atoms with Gasteiger partial charge in [0.05, 0.1) is 0 Å². The number of nitrogens with zero attached hydrogens (tertiary/aromatic N) is 3. The first-order valence-corrected chi connectivity index (χ1v) is 7.63. The first kappa shape index (κ1) is 16.2. The van der Waals surface area contributed by atoms with Gasteiger partial charge in [-0.25, -0.2) is 9.67 Å². The smallest absolute Gasteiger partial charge is 0.138 e. The molecule has 1 unspecified atom stereocenters. The Labute approximate surface area is 118 Å². The lowest BCUT2D eigenvalue weighted by molar-refractivity contribution is 0.397. The first-order chi connectivity index (χ1) is 9.04. The van der Waals surface area contributed by atoms with E-state index in [1.54, 1.807) is 6.33 Å². The highest BCUT2D eigenvalue weighted by Gasteiger charge is 2.14. The monoisotopic (exact) mass is 266 g/mol. The van der Waals surface area contributed by atoms with Crippen molar-refractivity contribution in [2.45, 2.75) is 59.9 Å². The van der Waals surface area contributed by atoms with E-state index in [1.807, 2.05) is 4.68 Å². The molecule has 0 radical (unpaired) electrons. The summed E-state index contributed by atoms with van der Waals surface area (Å²) in [7, 11) is 0. The molecule has 0 saturated carbocycles. The normalized spacial score (nSPS) is 13.4. The minimum Gasteiger partial charge on any atom is -0.316 e. The van der Waals surface area contributed by atoms with Gasteiger partial charge in [-0.1, -0.05) is 27.2 Å². The quantitative estimate of drug-likeness (QED) is 0.747. The third-order valence-corrected chi connectivity index (χ3v) is 3.29. The molecular weight excluding hydrogens is 236 g/mol. The van der Waals surface area contributed by atoms with E-state index in [4.69, 9.17) is 0 Å². The predicted molar refractivity (Wildman–Crippen MR) is 80.2 cm³/mol. The van der Waals surface area contributed by atoms with E-state index < -0.39 is 0 Å². The van der Waals surface area contributed by atoms with E-state index in [2.05, 4.69) is 50.0 Å². The molecule has 0 fully saturated rings. The Balaban J connectivity index is 2.54. The van der Waals surface area contributed by atoms with Crippen LogP contribution in [0.15, 0.2) is 6.33 Å². The van der Waals surface area contributed by atoms with Crippen LogP contribution in [-0.2, 0) is 6.42 Å². The zero-order chi connectivity index (χ0) is 14.3. The number of nitrogens with one attached hydrogen (secondary N) is 1. The van der Waals surface area contributed by atoms with Crippen molar-refractivity contribution in [3.05, 3.63) is 12.2 Å². The van der Waals surface area contributed by atoms with Crippen LogP contribution in [0.1, 0.15) is 59.3 Å². The average molecular weight is 266 g/mol. The van der Waals surface area contributed by atoms with Crippen LogP contribution in [0.5, 0.6) is 0 Å². The van der Waals surface area contributed by atoms with Gasteiger partial charge in [0.15, 0.2) is 0 Å². The van der Waals surface area contributed by atoms with Crippen LogP contribution in [0.4, 0.5) is 0 Å². The zero-order valence-electron chi connectivity index (χ0n) is 13.2. The summed E-state index contributed by atoms with van der Waals surface area (Å²) in [6.45, 7) is 13.2. The van der Waals surface area contributed by atoms with Crippen LogP contribution in [0.3, 0.4) is 0 Å². The van der Waals surface area contributed by atoms with Crippen LogP contribution < -0.4 is 5.32 Å². The molecule has 19 heavy (non-hydrogen) atoms. The van der Waals surface area contributed by atoms with E-state index in [0.29, 0.717) is 17.9 Å². The Kier molecular flexibility index (Phi) is 7.06. The summed E-state index contributed by atoms with van der Waals surface area (Å²) in [6, 6.07) is 0.392. The summed E-state index contributed by atoms with van der Waals surface area (Å²) < 4.78 is 2.05. The topological polar surface area (TPSA) is 42.7 Å². The van der Waals surface area contributed by atoms with Crippen molar-refractivity contribution in [2.24, 2.45) is 11.8 Å². The molecule has 0 aliphatic heterocycles. The van der Waals surface area contributed by atoms with E-state index in [9.17, 15) is 0 Å². The Bertz CT molecular complexity index is 344. The van der Waals surface area contributed by atoms with Gasteiger partial charge in [0.25, 0.3) is 0 Å². The lowest BCUT2D eigenvalue weighted by atomic mass is 9.99. The third-order valence-electron chi connectivity index (χ3n) is 3.29. The molecule has 0 aliphatic carbocycles. The molecular formula is C15H30N4. The van der Waals surface area contributed by atoms with E-state index in [1.165, 1.54) is 12.8 Å². The largest absolute Gasteiger partial charge is 0.316 e. The molecule has 1 heterocycles. The van der Waals surface area contributed by atoms with Crippen LogP contribution in [0.25, 0.3) is 0 Å². The van der Waals surface area contributed by atoms with Gasteiger partial charge in [0.2, 0.25) is 0 Å². The molecule has 0 aliphatic rings. The van der Waals surface area contributed by atoms with Gasteiger partial charge in [0, 0.05) is 12.5 Å². The van der Waals surface area contributed by atoms with Crippen molar-refractivity contribution in [2.75, 3.05) is 13.1 Å². The molecule has 0 spiro atoms. The second-order valence-electron chi connectivity index (χ2n) is 6.13. The highest BCUT2D eigenvalue weighted by atomic mass is 15.3. The van der Waals surface area contributed by atoms with E-state index in [-0.39, 0.29) is 0 Å². The van der Waals surface area contributed by atoms with Crippen molar-refractivity contribution in [3.8, 4) is 0 Å². The summed E-state index contributed by atoms with van der Waals surface area (Å²) in [5.41, 5.74) is 0. The molecule has 1 rings (SSSR count). The fourth-order valence-electron chi connectivity index (χ4n) is 2.37. The van der Waals surface area contributed by atoms with Gasteiger partial charge in [-0.15, -0.1) is 0 Å². The number of hydrogen-bond acceptors (Lipinski definition) is 3.